The number of carbonyl (C=O) groups is 2. The van der Waals surface area contributed by atoms with Gasteiger partial charge in [-0.1, -0.05) is 6.92 Å². The number of fused-ring (bicyclic) bond motifs is 1. The molecule has 3 heterocycles. The number of ether oxygens (including phenoxy) is 1. The fraction of sp³-hybridized carbons (Fsp3) is 0.393. The number of imidazole rings is 1. The Balaban J connectivity index is 0.00000169. The molecule has 0 spiro atoms. The third kappa shape index (κ3) is 8.75. The first-order valence-electron chi connectivity index (χ1n) is 13.7. The highest BCUT2D eigenvalue weighted by atomic mass is 19.4. The van der Waals surface area contributed by atoms with E-state index in [0.717, 1.165) is 5.56 Å². The maximum absolute atomic E-state index is 13.9. The molecule has 3 aromatic heterocycles. The average Bonchev–Trinajstić information content (AvgIpc) is 3.61. The number of alkyl halides is 3. The van der Waals surface area contributed by atoms with Gasteiger partial charge in [0.15, 0.2) is 17.2 Å². The van der Waals surface area contributed by atoms with Crippen molar-refractivity contribution >= 4 is 29.5 Å². The Bertz CT molecular complexity index is 1540. The number of rotatable bonds is 13. The molecule has 0 saturated heterocycles. The molecule has 0 fully saturated rings. The minimum absolute atomic E-state index is 0.0713. The summed E-state index contributed by atoms with van der Waals surface area (Å²) in [5, 5.41) is 16.7. The Labute approximate surface area is 251 Å². The van der Waals surface area contributed by atoms with Gasteiger partial charge in [0.05, 0.1) is 37.2 Å². The van der Waals surface area contributed by atoms with Crippen LogP contribution in [0.1, 0.15) is 28.5 Å². The van der Waals surface area contributed by atoms with Crippen molar-refractivity contribution in [3.8, 4) is 11.3 Å². The van der Waals surface area contributed by atoms with Crippen LogP contribution >= 0.6 is 0 Å². The first-order chi connectivity index (χ1) is 21.0. The van der Waals surface area contributed by atoms with E-state index in [2.05, 4.69) is 25.7 Å². The van der Waals surface area contributed by atoms with Gasteiger partial charge < -0.3 is 31.1 Å². The summed E-state index contributed by atoms with van der Waals surface area (Å²) in [4.78, 5) is 31.7. The van der Waals surface area contributed by atoms with E-state index in [9.17, 15) is 18.0 Å². The molecule has 4 rings (SSSR count). The second kappa shape index (κ2) is 15.8. The number of carboxylic acid groups (broad SMARTS) is 1. The average molecular weight is 620 g/mol. The van der Waals surface area contributed by atoms with Crippen LogP contribution in [0.3, 0.4) is 0 Å². The SMILES string of the molecule is CCc1cc(Nc2nccn3c(-c4cn(CCN(C)C)nc4C(F)(F)F)cnc23)ccc1C(=O)NCCOCCN.O=CO. The number of nitrogens with zero attached hydrogens (tertiary/aromatic N) is 6. The summed E-state index contributed by atoms with van der Waals surface area (Å²) in [6.45, 7) is 4.11. The first-order valence-corrected chi connectivity index (χ1v) is 13.7. The van der Waals surface area contributed by atoms with Crippen LogP contribution in [0.5, 0.6) is 0 Å². The van der Waals surface area contributed by atoms with Gasteiger partial charge in [0.2, 0.25) is 0 Å². The minimum atomic E-state index is -4.64. The molecular formula is C28H36F3N9O4. The molecule has 0 aliphatic carbocycles. The molecule has 0 aliphatic heterocycles. The van der Waals surface area contributed by atoms with Gasteiger partial charge in [-0.15, -0.1) is 0 Å². The van der Waals surface area contributed by atoms with Crippen LogP contribution in [0, 0.1) is 0 Å². The van der Waals surface area contributed by atoms with Crippen LogP contribution in [-0.2, 0) is 28.7 Å². The lowest BCUT2D eigenvalue weighted by molar-refractivity contribution is -0.141. The fourth-order valence-corrected chi connectivity index (χ4v) is 4.28. The van der Waals surface area contributed by atoms with Crippen LogP contribution in [0.25, 0.3) is 16.9 Å². The van der Waals surface area contributed by atoms with E-state index in [4.69, 9.17) is 20.4 Å². The van der Waals surface area contributed by atoms with E-state index in [1.807, 2.05) is 32.0 Å². The van der Waals surface area contributed by atoms with Crippen molar-refractivity contribution in [2.24, 2.45) is 5.73 Å². The normalized spacial score (nSPS) is 11.4. The highest BCUT2D eigenvalue weighted by Gasteiger charge is 2.38. The van der Waals surface area contributed by atoms with Crippen LogP contribution in [0.2, 0.25) is 0 Å². The molecule has 4 aromatic rings. The molecule has 238 valence electrons. The smallest absolute Gasteiger partial charge is 0.435 e. The van der Waals surface area contributed by atoms with E-state index < -0.39 is 11.9 Å². The largest absolute Gasteiger partial charge is 0.483 e. The topological polar surface area (TPSA) is 165 Å². The molecule has 1 amide bonds. The summed E-state index contributed by atoms with van der Waals surface area (Å²) in [6.07, 6.45) is 1.78. The van der Waals surface area contributed by atoms with E-state index in [1.165, 1.54) is 23.3 Å². The summed E-state index contributed by atoms with van der Waals surface area (Å²) in [5.74, 6) is 0.137. The van der Waals surface area contributed by atoms with Crippen molar-refractivity contribution in [3.63, 3.8) is 0 Å². The highest BCUT2D eigenvalue weighted by Crippen LogP contribution is 2.37. The van der Waals surface area contributed by atoms with Crippen molar-refractivity contribution < 1.29 is 32.6 Å². The zero-order valence-corrected chi connectivity index (χ0v) is 24.6. The van der Waals surface area contributed by atoms with Crippen molar-refractivity contribution in [1.82, 2.24) is 34.4 Å². The number of anilines is 2. The molecule has 0 radical (unpaired) electrons. The predicted octanol–water partition coefficient (Wildman–Crippen LogP) is 2.89. The number of hydrogen-bond donors (Lipinski definition) is 4. The molecule has 16 heteroatoms. The molecule has 1 aromatic carbocycles. The molecule has 0 atom stereocenters. The Hall–Kier alpha value is -4.54. The summed E-state index contributed by atoms with van der Waals surface area (Å²) in [5.41, 5.74) is 6.94. The maximum atomic E-state index is 13.9. The number of benzene rings is 1. The molecule has 13 nitrogen and oxygen atoms in total. The summed E-state index contributed by atoms with van der Waals surface area (Å²) < 4.78 is 49.9. The zero-order valence-electron chi connectivity index (χ0n) is 24.6. The quantitative estimate of drug-likeness (QED) is 0.129. The molecule has 44 heavy (non-hydrogen) atoms. The van der Waals surface area contributed by atoms with Gasteiger partial charge in [0.1, 0.15) is 0 Å². The Morgan fingerprint density at radius 1 is 1.23 bits per heavy atom. The number of nitrogens with two attached hydrogens (primary N) is 1. The number of aryl methyl sites for hydroxylation is 1. The number of nitrogens with one attached hydrogen (secondary N) is 2. The second-order valence-electron chi connectivity index (χ2n) is 9.68. The Morgan fingerprint density at radius 2 is 1.98 bits per heavy atom. The van der Waals surface area contributed by atoms with Crippen molar-refractivity contribution in [3.05, 3.63) is 59.8 Å². The number of amides is 1. The van der Waals surface area contributed by atoms with Gasteiger partial charge >= 0.3 is 6.18 Å². The maximum Gasteiger partial charge on any atom is 0.435 e. The second-order valence-corrected chi connectivity index (χ2v) is 9.68. The monoisotopic (exact) mass is 619 g/mol. The number of halogens is 3. The lowest BCUT2D eigenvalue weighted by atomic mass is 10.0. The molecule has 0 unspecified atom stereocenters. The number of likely N-dealkylation sites (N-methyl/N-ethyl adjacent to an activating group) is 1. The van der Waals surface area contributed by atoms with Crippen LogP contribution in [0.15, 0.2) is 43.0 Å². The first kappa shape index (κ1) is 34.0. The molecule has 5 N–H and O–H groups in total. The van der Waals surface area contributed by atoms with Gasteiger partial charge in [-0.25, -0.2) is 9.97 Å². The molecule has 0 saturated carbocycles. The highest BCUT2D eigenvalue weighted by molar-refractivity contribution is 5.96. The van der Waals surface area contributed by atoms with Gasteiger partial charge in [-0.05, 0) is 44.3 Å². The van der Waals surface area contributed by atoms with E-state index >= 15 is 0 Å². The van der Waals surface area contributed by atoms with Crippen LogP contribution in [0.4, 0.5) is 24.7 Å². The van der Waals surface area contributed by atoms with Gasteiger partial charge in [-0.3, -0.25) is 18.7 Å². The number of aromatic nitrogens is 5. The summed E-state index contributed by atoms with van der Waals surface area (Å²) in [6, 6.07) is 5.29. The number of carbonyl (C=O) groups excluding carboxylic acids is 1. The van der Waals surface area contributed by atoms with E-state index in [1.54, 1.807) is 22.7 Å². The third-order valence-electron chi connectivity index (χ3n) is 6.30. The lowest BCUT2D eigenvalue weighted by Gasteiger charge is -2.13. The van der Waals surface area contributed by atoms with E-state index in [0.29, 0.717) is 68.5 Å². The molecule has 0 bridgehead atoms. The standard InChI is InChI=1S/C27H34F3N9O2.CH2O2/c1-4-18-15-19(5-6-20(18)26(40)33-9-14-41-13-7-31)35-24-25-34-16-22(39(25)10-8-32-24)21-17-38(12-11-37(2)3)36-23(21)27(28,29)30;2-1-3/h5-6,8,10,15-17H,4,7,9,11-14,31H2,1-3H3,(H,32,35)(H,33,40);1H,(H,2,3). The van der Waals surface area contributed by atoms with Gasteiger partial charge in [0.25, 0.3) is 12.4 Å². The molecule has 0 aliphatic rings. The minimum Gasteiger partial charge on any atom is -0.483 e. The van der Waals surface area contributed by atoms with Gasteiger partial charge in [0, 0.05) is 49.5 Å². The van der Waals surface area contributed by atoms with Crippen molar-refractivity contribution in [1.29, 1.82) is 0 Å². The van der Waals surface area contributed by atoms with E-state index in [-0.39, 0.29) is 23.6 Å². The fourth-order valence-electron chi connectivity index (χ4n) is 4.28. The van der Waals surface area contributed by atoms with Crippen molar-refractivity contribution in [2.45, 2.75) is 26.1 Å². The van der Waals surface area contributed by atoms with Crippen LogP contribution in [-0.4, -0.2) is 93.5 Å². The Morgan fingerprint density at radius 3 is 2.64 bits per heavy atom. The molecular weight excluding hydrogens is 583 g/mol. The third-order valence-corrected chi connectivity index (χ3v) is 6.30. The zero-order chi connectivity index (χ0) is 32.3. The van der Waals surface area contributed by atoms with Crippen molar-refractivity contribution in [2.75, 3.05) is 52.3 Å². The lowest BCUT2D eigenvalue weighted by Crippen LogP contribution is -2.28. The number of hydrogen-bond acceptors (Lipinski definition) is 9. The van der Waals surface area contributed by atoms with Crippen LogP contribution < -0.4 is 16.4 Å². The predicted molar refractivity (Wildman–Crippen MR) is 158 cm³/mol. The summed E-state index contributed by atoms with van der Waals surface area (Å²) in [7, 11) is 3.68. The Kier molecular flexibility index (Phi) is 12.2. The summed E-state index contributed by atoms with van der Waals surface area (Å²) >= 11 is 0. The van der Waals surface area contributed by atoms with Gasteiger partial charge in [-0.2, -0.15) is 18.3 Å².